The predicted molar refractivity (Wildman–Crippen MR) is 91.1 cm³/mol. The fraction of sp³-hybridized carbons (Fsp3) is 0.294. The van der Waals surface area contributed by atoms with Crippen molar-refractivity contribution in [2.45, 2.75) is 30.0 Å². The summed E-state index contributed by atoms with van der Waals surface area (Å²) < 4.78 is 5.31. The number of furan rings is 1. The van der Waals surface area contributed by atoms with Gasteiger partial charge in [-0.25, -0.2) is 0 Å². The minimum absolute atomic E-state index is 0.0402. The van der Waals surface area contributed by atoms with Gasteiger partial charge in [0.2, 0.25) is 5.91 Å². The van der Waals surface area contributed by atoms with E-state index in [1.807, 2.05) is 31.2 Å². The van der Waals surface area contributed by atoms with E-state index in [-0.39, 0.29) is 17.6 Å². The van der Waals surface area contributed by atoms with Crippen molar-refractivity contribution >= 4 is 29.3 Å². The minimum Gasteiger partial charge on any atom is -0.467 e. The number of nitrogens with zero attached hydrogens (tertiary/aromatic N) is 2. The Kier molecular flexibility index (Phi) is 6.57. The van der Waals surface area contributed by atoms with Crippen LogP contribution in [0, 0.1) is 11.3 Å². The first kappa shape index (κ1) is 17.5. The van der Waals surface area contributed by atoms with Crippen LogP contribution in [0.4, 0.5) is 0 Å². The van der Waals surface area contributed by atoms with Crippen LogP contribution < -0.4 is 0 Å². The Morgan fingerprint density at radius 1 is 1.39 bits per heavy atom. The zero-order valence-electron chi connectivity index (χ0n) is 12.7. The van der Waals surface area contributed by atoms with Gasteiger partial charge in [-0.05, 0) is 31.2 Å². The van der Waals surface area contributed by atoms with Crippen LogP contribution >= 0.6 is 23.4 Å². The first-order chi connectivity index (χ1) is 11.1. The van der Waals surface area contributed by atoms with E-state index in [1.165, 1.54) is 11.8 Å². The molecule has 0 N–H and O–H groups in total. The maximum Gasteiger partial charge on any atom is 0.236 e. The van der Waals surface area contributed by atoms with Crippen LogP contribution in [0.3, 0.4) is 0 Å². The van der Waals surface area contributed by atoms with Gasteiger partial charge in [0, 0.05) is 11.4 Å². The number of carbonyl (C=O) groups excluding carboxylic acids is 1. The molecule has 2 aromatic rings. The SMILES string of the molecule is CC(Sc1ccccc1Cl)C(=O)N(CCC#N)Cc1ccco1. The average molecular weight is 349 g/mol. The Balaban J connectivity index is 2.06. The minimum atomic E-state index is -0.302. The van der Waals surface area contributed by atoms with Gasteiger partial charge in [-0.3, -0.25) is 4.79 Å². The molecule has 0 aliphatic carbocycles. The van der Waals surface area contributed by atoms with E-state index in [0.717, 1.165) is 4.90 Å². The molecular weight excluding hydrogens is 332 g/mol. The van der Waals surface area contributed by atoms with Crippen LogP contribution in [0.1, 0.15) is 19.1 Å². The molecule has 0 saturated heterocycles. The maximum absolute atomic E-state index is 12.7. The Labute approximate surface area is 145 Å². The van der Waals surface area contributed by atoms with Crippen LogP contribution in [-0.4, -0.2) is 22.6 Å². The lowest BCUT2D eigenvalue weighted by Crippen LogP contribution is -2.36. The number of carbonyl (C=O) groups is 1. The topological polar surface area (TPSA) is 57.2 Å². The van der Waals surface area contributed by atoms with E-state index >= 15 is 0 Å². The van der Waals surface area contributed by atoms with Gasteiger partial charge in [-0.1, -0.05) is 23.7 Å². The van der Waals surface area contributed by atoms with Gasteiger partial charge in [0.1, 0.15) is 5.76 Å². The van der Waals surface area contributed by atoms with E-state index in [4.69, 9.17) is 21.3 Å². The number of rotatable bonds is 7. The molecule has 1 amide bonds. The lowest BCUT2D eigenvalue weighted by atomic mass is 10.3. The largest absolute Gasteiger partial charge is 0.467 e. The molecular formula is C17H17ClN2O2S. The monoisotopic (exact) mass is 348 g/mol. The number of thioether (sulfide) groups is 1. The third-order valence-electron chi connectivity index (χ3n) is 3.22. The standard InChI is InChI=1S/C17H17ClN2O2S/c1-13(23-16-8-3-2-7-15(16)18)17(21)20(10-5-9-19)12-14-6-4-11-22-14/h2-4,6-8,11,13H,5,10,12H2,1H3. The van der Waals surface area contributed by atoms with Gasteiger partial charge < -0.3 is 9.32 Å². The van der Waals surface area contributed by atoms with Gasteiger partial charge in [0.05, 0.1) is 35.6 Å². The van der Waals surface area contributed by atoms with E-state index in [2.05, 4.69) is 6.07 Å². The molecule has 1 aromatic carbocycles. The molecule has 0 radical (unpaired) electrons. The zero-order chi connectivity index (χ0) is 16.7. The molecule has 2 rings (SSSR count). The number of nitriles is 1. The molecule has 0 aliphatic heterocycles. The second-order valence-corrected chi connectivity index (χ2v) is 6.73. The Morgan fingerprint density at radius 3 is 2.83 bits per heavy atom. The highest BCUT2D eigenvalue weighted by Gasteiger charge is 2.23. The molecule has 0 bridgehead atoms. The molecule has 1 atom stereocenters. The molecule has 0 aliphatic rings. The third-order valence-corrected chi connectivity index (χ3v) is 4.83. The summed E-state index contributed by atoms with van der Waals surface area (Å²) in [5.41, 5.74) is 0. The average Bonchev–Trinajstić information content (AvgIpc) is 3.06. The second-order valence-electron chi connectivity index (χ2n) is 4.94. The highest BCUT2D eigenvalue weighted by molar-refractivity contribution is 8.00. The number of hydrogen-bond donors (Lipinski definition) is 0. The van der Waals surface area contributed by atoms with Crippen molar-refractivity contribution in [3.8, 4) is 6.07 Å². The molecule has 0 spiro atoms. The Bertz CT molecular complexity index is 682. The summed E-state index contributed by atoms with van der Waals surface area (Å²) in [6.45, 7) is 2.59. The van der Waals surface area contributed by atoms with Crippen molar-refractivity contribution in [2.24, 2.45) is 0 Å². The van der Waals surface area contributed by atoms with E-state index in [1.54, 1.807) is 23.3 Å². The second kappa shape index (κ2) is 8.66. The van der Waals surface area contributed by atoms with E-state index in [9.17, 15) is 4.79 Å². The number of hydrogen-bond acceptors (Lipinski definition) is 4. The molecule has 1 unspecified atom stereocenters. The summed E-state index contributed by atoms with van der Waals surface area (Å²) in [7, 11) is 0. The van der Waals surface area contributed by atoms with Gasteiger partial charge >= 0.3 is 0 Å². The fourth-order valence-electron chi connectivity index (χ4n) is 2.08. The van der Waals surface area contributed by atoms with Crippen molar-refractivity contribution in [3.05, 3.63) is 53.4 Å². The predicted octanol–water partition coefficient (Wildman–Crippen LogP) is 4.36. The molecule has 120 valence electrons. The number of amides is 1. The zero-order valence-corrected chi connectivity index (χ0v) is 14.3. The highest BCUT2D eigenvalue weighted by Crippen LogP contribution is 2.31. The van der Waals surface area contributed by atoms with Crippen molar-refractivity contribution in [1.82, 2.24) is 4.90 Å². The summed E-state index contributed by atoms with van der Waals surface area (Å²) in [5.74, 6) is 0.660. The normalized spacial score (nSPS) is 11.7. The highest BCUT2D eigenvalue weighted by atomic mass is 35.5. The Hall–Kier alpha value is -1.90. The molecule has 1 aromatic heterocycles. The quantitative estimate of drug-likeness (QED) is 0.698. The molecule has 23 heavy (non-hydrogen) atoms. The smallest absolute Gasteiger partial charge is 0.236 e. The summed E-state index contributed by atoms with van der Waals surface area (Å²) >= 11 is 7.56. The maximum atomic E-state index is 12.7. The van der Waals surface area contributed by atoms with Crippen LogP contribution in [0.15, 0.2) is 52.0 Å². The van der Waals surface area contributed by atoms with Crippen molar-refractivity contribution in [1.29, 1.82) is 5.26 Å². The van der Waals surface area contributed by atoms with Gasteiger partial charge in [-0.2, -0.15) is 5.26 Å². The lowest BCUT2D eigenvalue weighted by molar-refractivity contribution is -0.131. The summed E-state index contributed by atoms with van der Waals surface area (Å²) in [4.78, 5) is 15.2. The number of halogens is 1. The molecule has 6 heteroatoms. The van der Waals surface area contributed by atoms with Crippen LogP contribution in [0.25, 0.3) is 0 Å². The Morgan fingerprint density at radius 2 is 2.17 bits per heavy atom. The molecule has 4 nitrogen and oxygen atoms in total. The van der Waals surface area contributed by atoms with Crippen molar-refractivity contribution < 1.29 is 9.21 Å². The molecule has 1 heterocycles. The van der Waals surface area contributed by atoms with Gasteiger partial charge in [0.25, 0.3) is 0 Å². The number of benzene rings is 1. The van der Waals surface area contributed by atoms with Crippen molar-refractivity contribution in [2.75, 3.05) is 6.54 Å². The first-order valence-electron chi connectivity index (χ1n) is 7.21. The first-order valence-corrected chi connectivity index (χ1v) is 8.47. The van der Waals surface area contributed by atoms with Crippen LogP contribution in [-0.2, 0) is 11.3 Å². The van der Waals surface area contributed by atoms with E-state index in [0.29, 0.717) is 23.9 Å². The van der Waals surface area contributed by atoms with Gasteiger partial charge in [-0.15, -0.1) is 11.8 Å². The van der Waals surface area contributed by atoms with Gasteiger partial charge in [0.15, 0.2) is 0 Å². The lowest BCUT2D eigenvalue weighted by Gasteiger charge is -2.24. The third kappa shape index (κ3) is 5.05. The van der Waals surface area contributed by atoms with Crippen LogP contribution in [0.5, 0.6) is 0 Å². The molecule has 0 fully saturated rings. The van der Waals surface area contributed by atoms with Crippen LogP contribution in [0.2, 0.25) is 5.02 Å². The molecule has 0 saturated carbocycles. The fourth-order valence-corrected chi connectivity index (χ4v) is 3.32. The van der Waals surface area contributed by atoms with E-state index < -0.39 is 0 Å². The summed E-state index contributed by atoms with van der Waals surface area (Å²) in [6, 6.07) is 13.1. The summed E-state index contributed by atoms with van der Waals surface area (Å²) in [5, 5.41) is 9.13. The van der Waals surface area contributed by atoms with Crippen molar-refractivity contribution in [3.63, 3.8) is 0 Å². The summed E-state index contributed by atoms with van der Waals surface area (Å²) in [6.07, 6.45) is 1.86.